The number of methoxy groups -OCH3 is 1. The molecule has 29 heavy (non-hydrogen) atoms. The molecule has 0 spiro atoms. The average molecular weight is 411 g/mol. The highest BCUT2D eigenvalue weighted by molar-refractivity contribution is 5.70. The van der Waals surface area contributed by atoms with Crippen molar-refractivity contribution in [2.45, 2.75) is 51.8 Å². The van der Waals surface area contributed by atoms with Gasteiger partial charge < -0.3 is 24.2 Å². The molecule has 8 heteroatoms. The molecular formula is C21H38N4O4. The van der Waals surface area contributed by atoms with Gasteiger partial charge in [0, 0.05) is 39.1 Å². The SMILES string of the molecule is CCN1CCC(CN2C(=O)OC(N3CCN(CCCC(=O)OC)CC3)C2C)CC1. The van der Waals surface area contributed by atoms with E-state index in [0.717, 1.165) is 65.3 Å². The number of likely N-dealkylation sites (tertiary alicyclic amines) is 1. The smallest absolute Gasteiger partial charge is 0.411 e. The Labute approximate surface area is 175 Å². The van der Waals surface area contributed by atoms with Gasteiger partial charge in [0.2, 0.25) is 0 Å². The minimum Gasteiger partial charge on any atom is -0.469 e. The van der Waals surface area contributed by atoms with Crippen molar-refractivity contribution in [3.05, 3.63) is 0 Å². The molecule has 2 atom stereocenters. The molecule has 8 nitrogen and oxygen atoms in total. The molecule has 0 radical (unpaired) electrons. The molecule has 3 aliphatic heterocycles. The molecule has 0 saturated carbocycles. The molecule has 2 unspecified atom stereocenters. The van der Waals surface area contributed by atoms with Crippen LogP contribution in [0, 0.1) is 5.92 Å². The van der Waals surface area contributed by atoms with E-state index in [0.29, 0.717) is 12.3 Å². The Kier molecular flexibility index (Phi) is 8.15. The lowest BCUT2D eigenvalue weighted by atomic mass is 9.96. The first kappa shape index (κ1) is 22.3. The van der Waals surface area contributed by atoms with Crippen LogP contribution in [-0.2, 0) is 14.3 Å². The van der Waals surface area contributed by atoms with E-state index < -0.39 is 0 Å². The zero-order valence-corrected chi connectivity index (χ0v) is 18.3. The largest absolute Gasteiger partial charge is 0.469 e. The van der Waals surface area contributed by atoms with E-state index >= 15 is 0 Å². The van der Waals surface area contributed by atoms with Gasteiger partial charge in [-0.3, -0.25) is 9.69 Å². The number of piperidine rings is 1. The summed E-state index contributed by atoms with van der Waals surface area (Å²) in [5.74, 6) is 0.439. The molecule has 0 aliphatic carbocycles. The fourth-order valence-corrected chi connectivity index (χ4v) is 4.76. The Bertz CT molecular complexity index is 545. The normalized spacial score (nSPS) is 28.0. The van der Waals surface area contributed by atoms with Gasteiger partial charge in [-0.1, -0.05) is 6.92 Å². The number of piperazine rings is 1. The van der Waals surface area contributed by atoms with Gasteiger partial charge in [0.1, 0.15) is 0 Å². The van der Waals surface area contributed by atoms with Crippen molar-refractivity contribution in [3.8, 4) is 0 Å². The van der Waals surface area contributed by atoms with Gasteiger partial charge >= 0.3 is 12.1 Å². The monoisotopic (exact) mass is 410 g/mol. The third kappa shape index (κ3) is 5.83. The summed E-state index contributed by atoms with van der Waals surface area (Å²) in [6, 6.07) is 0.0950. The Morgan fingerprint density at radius 2 is 1.79 bits per heavy atom. The minimum atomic E-state index is -0.152. The summed E-state index contributed by atoms with van der Waals surface area (Å²) in [5.41, 5.74) is 0. The second kappa shape index (κ2) is 10.6. The van der Waals surface area contributed by atoms with Crippen LogP contribution in [0.3, 0.4) is 0 Å². The number of carbonyl (C=O) groups excluding carboxylic acids is 2. The third-order valence-corrected chi connectivity index (χ3v) is 6.82. The fourth-order valence-electron chi connectivity index (χ4n) is 4.76. The maximum Gasteiger partial charge on any atom is 0.411 e. The lowest BCUT2D eigenvalue weighted by Gasteiger charge is -2.38. The molecule has 3 saturated heterocycles. The van der Waals surface area contributed by atoms with Crippen molar-refractivity contribution in [1.82, 2.24) is 19.6 Å². The lowest BCUT2D eigenvalue weighted by molar-refractivity contribution is -0.140. The van der Waals surface area contributed by atoms with Gasteiger partial charge in [-0.2, -0.15) is 0 Å². The number of cyclic esters (lactones) is 1. The van der Waals surface area contributed by atoms with Crippen LogP contribution in [0.15, 0.2) is 0 Å². The van der Waals surface area contributed by atoms with E-state index in [4.69, 9.17) is 9.47 Å². The zero-order chi connectivity index (χ0) is 20.8. The summed E-state index contributed by atoms with van der Waals surface area (Å²) in [6.07, 6.45) is 3.33. The number of esters is 1. The second-order valence-electron chi connectivity index (χ2n) is 8.60. The summed E-state index contributed by atoms with van der Waals surface area (Å²) in [7, 11) is 1.43. The fraction of sp³-hybridized carbons (Fsp3) is 0.905. The van der Waals surface area contributed by atoms with E-state index in [1.54, 1.807) is 0 Å². The van der Waals surface area contributed by atoms with Crippen molar-refractivity contribution in [1.29, 1.82) is 0 Å². The van der Waals surface area contributed by atoms with Crippen LogP contribution in [0.25, 0.3) is 0 Å². The van der Waals surface area contributed by atoms with Crippen LogP contribution in [-0.4, -0.2) is 110 Å². The van der Waals surface area contributed by atoms with Gasteiger partial charge in [0.25, 0.3) is 0 Å². The molecule has 0 aromatic carbocycles. The molecule has 3 heterocycles. The van der Waals surface area contributed by atoms with Crippen LogP contribution in [0.4, 0.5) is 4.79 Å². The van der Waals surface area contributed by atoms with E-state index in [9.17, 15) is 9.59 Å². The number of nitrogens with zero attached hydrogens (tertiary/aromatic N) is 4. The first-order chi connectivity index (χ1) is 14.0. The zero-order valence-electron chi connectivity index (χ0n) is 18.3. The number of rotatable bonds is 8. The van der Waals surface area contributed by atoms with Gasteiger partial charge in [0.15, 0.2) is 6.23 Å². The molecule has 1 amide bonds. The van der Waals surface area contributed by atoms with Crippen LogP contribution in [0.5, 0.6) is 0 Å². The molecular weight excluding hydrogens is 372 g/mol. The van der Waals surface area contributed by atoms with Crippen molar-refractivity contribution >= 4 is 12.1 Å². The first-order valence-corrected chi connectivity index (χ1v) is 11.2. The summed E-state index contributed by atoms with van der Waals surface area (Å²) in [4.78, 5) is 32.9. The summed E-state index contributed by atoms with van der Waals surface area (Å²) < 4.78 is 10.5. The lowest BCUT2D eigenvalue weighted by Crippen LogP contribution is -2.54. The van der Waals surface area contributed by atoms with Crippen LogP contribution >= 0.6 is 0 Å². The van der Waals surface area contributed by atoms with E-state index in [1.807, 2.05) is 4.90 Å². The summed E-state index contributed by atoms with van der Waals surface area (Å²) in [6.45, 7) is 13.1. The first-order valence-electron chi connectivity index (χ1n) is 11.2. The highest BCUT2D eigenvalue weighted by atomic mass is 16.6. The summed E-state index contributed by atoms with van der Waals surface area (Å²) in [5, 5.41) is 0. The Morgan fingerprint density at radius 1 is 1.10 bits per heavy atom. The van der Waals surface area contributed by atoms with Crippen molar-refractivity contribution in [2.75, 3.05) is 66.0 Å². The van der Waals surface area contributed by atoms with E-state index in [-0.39, 0.29) is 24.3 Å². The molecule has 3 aliphatic rings. The highest BCUT2D eigenvalue weighted by Crippen LogP contribution is 2.27. The van der Waals surface area contributed by atoms with E-state index in [2.05, 4.69) is 28.5 Å². The van der Waals surface area contributed by atoms with Gasteiger partial charge in [-0.05, 0) is 58.3 Å². The van der Waals surface area contributed by atoms with Crippen LogP contribution in [0.1, 0.15) is 39.5 Å². The van der Waals surface area contributed by atoms with Gasteiger partial charge in [0.05, 0.1) is 13.2 Å². The topological polar surface area (TPSA) is 65.6 Å². The Morgan fingerprint density at radius 3 is 2.41 bits per heavy atom. The molecule has 0 aromatic heterocycles. The Balaban J connectivity index is 1.42. The standard InChI is InChI=1S/C21H38N4O4/c1-4-22-10-7-18(8-11-22)16-25-17(2)20(29-21(25)27)24-14-12-23(13-15-24)9-5-6-19(26)28-3/h17-18,20H,4-16H2,1-3H3. The number of hydrogen-bond acceptors (Lipinski definition) is 7. The van der Waals surface area contributed by atoms with Crippen molar-refractivity contribution in [2.24, 2.45) is 5.92 Å². The molecule has 3 rings (SSSR count). The number of amides is 1. The third-order valence-electron chi connectivity index (χ3n) is 6.82. The molecule has 0 N–H and O–H groups in total. The number of carbonyl (C=O) groups is 2. The van der Waals surface area contributed by atoms with Crippen LogP contribution in [0.2, 0.25) is 0 Å². The molecule has 3 fully saturated rings. The van der Waals surface area contributed by atoms with E-state index in [1.165, 1.54) is 20.0 Å². The van der Waals surface area contributed by atoms with Gasteiger partial charge in [-0.15, -0.1) is 0 Å². The minimum absolute atomic E-state index is 0.0950. The maximum atomic E-state index is 12.5. The number of hydrogen-bond donors (Lipinski definition) is 0. The van der Waals surface area contributed by atoms with Gasteiger partial charge in [-0.25, -0.2) is 4.79 Å². The number of ether oxygens (including phenoxy) is 2. The second-order valence-corrected chi connectivity index (χ2v) is 8.60. The molecule has 0 aromatic rings. The predicted octanol–water partition coefficient (Wildman–Crippen LogP) is 1.46. The predicted molar refractivity (Wildman–Crippen MR) is 111 cm³/mol. The summed E-state index contributed by atoms with van der Waals surface area (Å²) >= 11 is 0. The van der Waals surface area contributed by atoms with Crippen molar-refractivity contribution < 1.29 is 19.1 Å². The van der Waals surface area contributed by atoms with Crippen LogP contribution < -0.4 is 0 Å². The Hall–Kier alpha value is -1.38. The molecule has 166 valence electrons. The molecule has 0 bridgehead atoms. The average Bonchev–Trinajstić information content (AvgIpc) is 3.03. The van der Waals surface area contributed by atoms with Crippen molar-refractivity contribution in [3.63, 3.8) is 0 Å². The quantitative estimate of drug-likeness (QED) is 0.561. The maximum absolute atomic E-state index is 12.5. The highest BCUT2D eigenvalue weighted by Gasteiger charge is 2.43.